The minimum Gasteiger partial charge on any atom is -0.370 e. The molecule has 88 valence electrons. The summed E-state index contributed by atoms with van der Waals surface area (Å²) in [6.45, 7) is 0.546. The Balaban J connectivity index is 1.89. The van der Waals surface area contributed by atoms with Crippen molar-refractivity contribution in [2.45, 2.75) is 31.8 Å². The normalized spacial score (nSPS) is 17.2. The Labute approximate surface area is 109 Å². The summed E-state index contributed by atoms with van der Waals surface area (Å²) in [5.41, 5.74) is 6.76. The zero-order valence-electron chi connectivity index (χ0n) is 9.28. The number of guanidine groups is 1. The van der Waals surface area contributed by atoms with Crippen molar-refractivity contribution >= 4 is 28.6 Å². The molecule has 2 rings (SSSR count). The molecule has 0 radical (unpaired) electrons. The molecule has 0 atom stereocenters. The third-order valence-electron chi connectivity index (χ3n) is 2.71. The number of rotatable bonds is 3. The summed E-state index contributed by atoms with van der Waals surface area (Å²) < 4.78 is 2.92. The molecule has 0 unspecified atom stereocenters. The molecular weight excluding hydrogens is 317 g/mol. The van der Waals surface area contributed by atoms with Crippen molar-refractivity contribution < 1.29 is 0 Å². The topological polar surface area (TPSA) is 68.2 Å². The number of aliphatic imine (C=N–C) groups is 1. The molecule has 0 saturated heterocycles. The van der Waals surface area contributed by atoms with Gasteiger partial charge in [-0.2, -0.15) is 5.10 Å². The third-order valence-corrected chi connectivity index (χ3v) is 3.61. The average Bonchev–Trinajstić information content (AvgIpc) is 2.48. The summed E-state index contributed by atoms with van der Waals surface area (Å²) in [6, 6.07) is 0.534. The highest BCUT2D eigenvalue weighted by molar-refractivity contribution is 14.1. The van der Waals surface area contributed by atoms with Crippen LogP contribution in [0, 0.1) is 3.57 Å². The quantitative estimate of drug-likeness (QED) is 0.492. The number of aromatic nitrogens is 2. The lowest BCUT2D eigenvalue weighted by Crippen LogP contribution is -2.43. The van der Waals surface area contributed by atoms with Crippen LogP contribution in [0.2, 0.25) is 0 Å². The number of nitrogens with zero attached hydrogens (tertiary/aromatic N) is 3. The van der Waals surface area contributed by atoms with E-state index in [1.54, 1.807) is 4.68 Å². The maximum absolute atomic E-state index is 5.79. The lowest BCUT2D eigenvalue weighted by atomic mass is 9.93. The van der Waals surface area contributed by atoms with Crippen molar-refractivity contribution in [2.24, 2.45) is 17.8 Å². The van der Waals surface area contributed by atoms with Crippen LogP contribution >= 0.6 is 22.6 Å². The molecule has 16 heavy (non-hydrogen) atoms. The summed E-state index contributed by atoms with van der Waals surface area (Å²) >= 11 is 2.26. The first-order valence-corrected chi connectivity index (χ1v) is 6.47. The second-order valence-electron chi connectivity index (χ2n) is 4.07. The highest BCUT2D eigenvalue weighted by atomic mass is 127. The molecule has 3 N–H and O–H groups in total. The molecule has 0 bridgehead atoms. The smallest absolute Gasteiger partial charge is 0.189 e. The number of nitrogens with one attached hydrogen (secondary N) is 1. The molecule has 1 aromatic heterocycles. The Kier molecular flexibility index (Phi) is 3.67. The van der Waals surface area contributed by atoms with Gasteiger partial charge in [0.15, 0.2) is 5.96 Å². The molecule has 0 aromatic carbocycles. The minimum absolute atomic E-state index is 0.533. The van der Waals surface area contributed by atoms with Crippen molar-refractivity contribution in [3.05, 3.63) is 15.5 Å². The van der Waals surface area contributed by atoms with Gasteiger partial charge in [0.1, 0.15) is 0 Å². The van der Waals surface area contributed by atoms with Crippen LogP contribution in [0.15, 0.2) is 11.2 Å². The molecule has 6 heteroatoms. The summed E-state index contributed by atoms with van der Waals surface area (Å²) in [6.07, 6.45) is 5.68. The van der Waals surface area contributed by atoms with Gasteiger partial charge in [-0.1, -0.05) is 0 Å². The van der Waals surface area contributed by atoms with Crippen molar-refractivity contribution in [2.75, 3.05) is 0 Å². The van der Waals surface area contributed by atoms with E-state index in [9.17, 15) is 0 Å². The summed E-state index contributed by atoms with van der Waals surface area (Å²) in [5.74, 6) is 0.533. The van der Waals surface area contributed by atoms with Gasteiger partial charge < -0.3 is 11.1 Å². The van der Waals surface area contributed by atoms with Crippen molar-refractivity contribution in [1.29, 1.82) is 0 Å². The van der Waals surface area contributed by atoms with E-state index in [0.717, 1.165) is 9.26 Å². The first-order chi connectivity index (χ1) is 7.65. The van der Waals surface area contributed by atoms with E-state index in [0.29, 0.717) is 18.5 Å². The fourth-order valence-corrected chi connectivity index (χ4v) is 2.26. The Morgan fingerprint density at radius 2 is 2.50 bits per heavy atom. The molecule has 1 fully saturated rings. The number of nitrogens with two attached hydrogens (primary N) is 1. The summed E-state index contributed by atoms with van der Waals surface area (Å²) in [7, 11) is 1.91. The summed E-state index contributed by atoms with van der Waals surface area (Å²) in [4.78, 5) is 4.29. The second kappa shape index (κ2) is 5.03. The predicted octanol–water partition coefficient (Wildman–Crippen LogP) is 0.982. The molecule has 1 saturated carbocycles. The lowest BCUT2D eigenvalue weighted by molar-refractivity contribution is 0.382. The second-order valence-corrected chi connectivity index (χ2v) is 5.23. The molecule has 0 aliphatic heterocycles. The Hall–Kier alpha value is -0.790. The van der Waals surface area contributed by atoms with Crippen LogP contribution in [0.5, 0.6) is 0 Å². The molecule has 1 heterocycles. The predicted molar refractivity (Wildman–Crippen MR) is 72.0 cm³/mol. The Morgan fingerprint density at radius 1 is 1.75 bits per heavy atom. The highest BCUT2D eigenvalue weighted by Gasteiger charge is 2.17. The van der Waals surface area contributed by atoms with Crippen LogP contribution < -0.4 is 11.1 Å². The standard InChI is InChI=1S/C10H16IN5/c1-16-6-8(11)9(15-16)5-13-10(12)14-7-3-2-4-7/h6-7H,2-5H2,1H3,(H3,12,13,14). The van der Waals surface area contributed by atoms with Crippen LogP contribution in [0.1, 0.15) is 25.0 Å². The largest absolute Gasteiger partial charge is 0.370 e. The Morgan fingerprint density at radius 3 is 3.00 bits per heavy atom. The van der Waals surface area contributed by atoms with Crippen molar-refractivity contribution in [3.63, 3.8) is 0 Å². The fraction of sp³-hybridized carbons (Fsp3) is 0.600. The molecule has 1 aromatic rings. The van der Waals surface area contributed by atoms with E-state index in [4.69, 9.17) is 5.73 Å². The Bertz CT molecular complexity index is 394. The molecule has 1 aliphatic carbocycles. The van der Waals surface area contributed by atoms with Gasteiger partial charge in [-0.15, -0.1) is 0 Å². The first kappa shape index (κ1) is 11.7. The number of hydrogen-bond donors (Lipinski definition) is 2. The van der Waals surface area contributed by atoms with E-state index < -0.39 is 0 Å². The van der Waals surface area contributed by atoms with E-state index in [1.807, 2.05) is 13.2 Å². The third kappa shape index (κ3) is 2.87. The van der Waals surface area contributed by atoms with Gasteiger partial charge in [0.2, 0.25) is 0 Å². The van der Waals surface area contributed by atoms with Crippen LogP contribution in [0.3, 0.4) is 0 Å². The molecule has 0 amide bonds. The number of aryl methyl sites for hydroxylation is 1. The molecule has 0 spiro atoms. The zero-order chi connectivity index (χ0) is 11.5. The zero-order valence-corrected chi connectivity index (χ0v) is 11.4. The highest BCUT2D eigenvalue weighted by Crippen LogP contribution is 2.17. The van der Waals surface area contributed by atoms with E-state index in [2.05, 4.69) is 38.0 Å². The number of hydrogen-bond acceptors (Lipinski definition) is 2. The van der Waals surface area contributed by atoms with Gasteiger partial charge in [-0.3, -0.25) is 4.68 Å². The van der Waals surface area contributed by atoms with E-state index in [-0.39, 0.29) is 0 Å². The van der Waals surface area contributed by atoms with E-state index >= 15 is 0 Å². The van der Waals surface area contributed by atoms with Gasteiger partial charge in [0, 0.05) is 19.3 Å². The van der Waals surface area contributed by atoms with Crippen molar-refractivity contribution in [1.82, 2.24) is 15.1 Å². The molecular formula is C10H16IN5. The fourth-order valence-electron chi connectivity index (χ4n) is 1.58. The molecule has 1 aliphatic rings. The maximum Gasteiger partial charge on any atom is 0.189 e. The van der Waals surface area contributed by atoms with Crippen LogP contribution in [0.4, 0.5) is 0 Å². The maximum atomic E-state index is 5.79. The monoisotopic (exact) mass is 333 g/mol. The van der Waals surface area contributed by atoms with Gasteiger partial charge >= 0.3 is 0 Å². The lowest BCUT2D eigenvalue weighted by Gasteiger charge is -2.26. The van der Waals surface area contributed by atoms with Crippen molar-refractivity contribution in [3.8, 4) is 0 Å². The van der Waals surface area contributed by atoms with Crippen LogP contribution in [0.25, 0.3) is 0 Å². The average molecular weight is 333 g/mol. The number of halogens is 1. The SMILES string of the molecule is Cn1cc(I)c(CN=C(N)NC2CCC2)n1. The van der Waals surface area contributed by atoms with Crippen LogP contribution in [-0.2, 0) is 13.6 Å². The summed E-state index contributed by atoms with van der Waals surface area (Å²) in [5, 5.41) is 7.52. The first-order valence-electron chi connectivity index (χ1n) is 5.39. The van der Waals surface area contributed by atoms with E-state index in [1.165, 1.54) is 19.3 Å². The van der Waals surface area contributed by atoms with Gasteiger partial charge in [0.25, 0.3) is 0 Å². The minimum atomic E-state index is 0.533. The van der Waals surface area contributed by atoms with Crippen LogP contribution in [-0.4, -0.2) is 21.8 Å². The van der Waals surface area contributed by atoms with Gasteiger partial charge in [-0.05, 0) is 41.9 Å². The molecule has 5 nitrogen and oxygen atoms in total. The van der Waals surface area contributed by atoms with Gasteiger partial charge in [0.05, 0.1) is 15.8 Å². The van der Waals surface area contributed by atoms with Gasteiger partial charge in [-0.25, -0.2) is 4.99 Å².